The van der Waals surface area contributed by atoms with Gasteiger partial charge in [0.1, 0.15) is 5.75 Å². The summed E-state index contributed by atoms with van der Waals surface area (Å²) in [5.74, 6) is -0.523. The Labute approximate surface area is 91.2 Å². The lowest BCUT2D eigenvalue weighted by molar-refractivity contribution is -0.109. The van der Waals surface area contributed by atoms with Gasteiger partial charge in [-0.25, -0.2) is 4.79 Å². The number of ether oxygens (including phenoxy) is 1. The van der Waals surface area contributed by atoms with Gasteiger partial charge in [0.15, 0.2) is 5.12 Å². The van der Waals surface area contributed by atoms with Crippen molar-refractivity contribution in [2.75, 3.05) is 7.11 Å². The first-order valence-electron chi connectivity index (χ1n) is 4.14. The number of rotatable bonds is 3. The minimum absolute atomic E-state index is 0.107. The molecule has 1 aromatic rings. The fourth-order valence-electron chi connectivity index (χ4n) is 1.05. The molecule has 5 heteroatoms. The zero-order valence-electron chi connectivity index (χ0n) is 8.31. The van der Waals surface area contributed by atoms with E-state index in [4.69, 9.17) is 9.84 Å². The second-order valence-electron chi connectivity index (χ2n) is 2.76. The molecule has 0 unspecified atom stereocenters. The lowest BCUT2D eigenvalue weighted by Gasteiger charge is -2.06. The first-order valence-corrected chi connectivity index (χ1v) is 4.96. The molecule has 0 amide bonds. The Bertz CT molecular complexity index is 400. The maximum Gasteiger partial charge on any atom is 0.336 e. The predicted molar refractivity (Wildman–Crippen MR) is 56.5 cm³/mol. The van der Waals surface area contributed by atoms with Crippen LogP contribution < -0.4 is 4.74 Å². The third-order valence-electron chi connectivity index (χ3n) is 1.67. The number of thioether (sulfide) groups is 1. The van der Waals surface area contributed by atoms with Crippen molar-refractivity contribution >= 4 is 22.8 Å². The van der Waals surface area contributed by atoms with Crippen LogP contribution in [0, 0.1) is 0 Å². The molecule has 0 aromatic heterocycles. The number of hydrogen-bond acceptors (Lipinski definition) is 4. The van der Waals surface area contributed by atoms with E-state index in [1.165, 1.54) is 26.2 Å². The van der Waals surface area contributed by atoms with Crippen molar-refractivity contribution in [2.45, 2.75) is 11.8 Å². The van der Waals surface area contributed by atoms with Gasteiger partial charge in [-0.1, -0.05) is 11.8 Å². The highest BCUT2D eigenvalue weighted by molar-refractivity contribution is 8.13. The number of aromatic carboxylic acids is 1. The van der Waals surface area contributed by atoms with E-state index < -0.39 is 5.97 Å². The average Bonchev–Trinajstić information content (AvgIpc) is 2.16. The largest absolute Gasteiger partial charge is 0.497 e. The molecule has 0 bridgehead atoms. The third-order valence-corrected chi connectivity index (χ3v) is 2.52. The van der Waals surface area contributed by atoms with Gasteiger partial charge in [0.2, 0.25) is 0 Å². The van der Waals surface area contributed by atoms with Gasteiger partial charge in [0, 0.05) is 11.8 Å². The van der Waals surface area contributed by atoms with Crippen LogP contribution in [0.4, 0.5) is 0 Å². The van der Waals surface area contributed by atoms with Crippen LogP contribution in [0.5, 0.6) is 5.75 Å². The lowest BCUT2D eigenvalue weighted by atomic mass is 10.2. The van der Waals surface area contributed by atoms with Crippen molar-refractivity contribution in [2.24, 2.45) is 0 Å². The van der Waals surface area contributed by atoms with E-state index >= 15 is 0 Å². The molecule has 0 saturated heterocycles. The van der Waals surface area contributed by atoms with Crippen molar-refractivity contribution in [3.05, 3.63) is 23.8 Å². The van der Waals surface area contributed by atoms with Crippen molar-refractivity contribution in [1.29, 1.82) is 0 Å². The molecule has 0 atom stereocenters. The van der Waals surface area contributed by atoms with Crippen LogP contribution >= 0.6 is 11.8 Å². The summed E-state index contributed by atoms with van der Waals surface area (Å²) in [4.78, 5) is 22.2. The molecule has 0 aliphatic rings. The summed E-state index contributed by atoms with van der Waals surface area (Å²) in [7, 11) is 1.48. The Hall–Kier alpha value is -1.49. The number of carbonyl (C=O) groups excluding carboxylic acids is 1. The van der Waals surface area contributed by atoms with Gasteiger partial charge in [0.25, 0.3) is 0 Å². The lowest BCUT2D eigenvalue weighted by Crippen LogP contribution is -2.00. The average molecular weight is 226 g/mol. The first-order chi connectivity index (χ1) is 7.04. The number of benzene rings is 1. The van der Waals surface area contributed by atoms with Crippen LogP contribution in [0.3, 0.4) is 0 Å². The zero-order valence-corrected chi connectivity index (χ0v) is 9.13. The van der Waals surface area contributed by atoms with E-state index in [1.807, 2.05) is 0 Å². The maximum absolute atomic E-state index is 10.9. The second-order valence-corrected chi connectivity index (χ2v) is 3.98. The van der Waals surface area contributed by atoms with E-state index in [1.54, 1.807) is 6.07 Å². The van der Waals surface area contributed by atoms with E-state index in [2.05, 4.69) is 0 Å². The Kier molecular flexibility index (Phi) is 3.74. The summed E-state index contributed by atoms with van der Waals surface area (Å²) in [6.45, 7) is 1.38. The van der Waals surface area contributed by atoms with Crippen LogP contribution in [0.2, 0.25) is 0 Å². The highest BCUT2D eigenvalue weighted by atomic mass is 32.2. The summed E-state index contributed by atoms with van der Waals surface area (Å²) in [6, 6.07) is 4.51. The molecule has 0 aliphatic heterocycles. The number of hydrogen-bond donors (Lipinski definition) is 1. The Morgan fingerprint density at radius 1 is 1.40 bits per heavy atom. The van der Waals surface area contributed by atoms with Crippen LogP contribution in [-0.4, -0.2) is 23.3 Å². The monoisotopic (exact) mass is 226 g/mol. The predicted octanol–water partition coefficient (Wildman–Crippen LogP) is 2.03. The molecule has 0 radical (unpaired) electrons. The molecule has 1 N–H and O–H groups in total. The molecular weight excluding hydrogens is 216 g/mol. The molecule has 15 heavy (non-hydrogen) atoms. The summed E-state index contributed by atoms with van der Waals surface area (Å²) in [5, 5.41) is 8.72. The van der Waals surface area contributed by atoms with E-state index in [-0.39, 0.29) is 10.7 Å². The fraction of sp³-hybridized carbons (Fsp3) is 0.200. The topological polar surface area (TPSA) is 63.6 Å². The molecule has 4 nitrogen and oxygen atoms in total. The maximum atomic E-state index is 10.9. The minimum atomic E-state index is -1.05. The molecule has 0 saturated carbocycles. The van der Waals surface area contributed by atoms with Crippen LogP contribution in [0.25, 0.3) is 0 Å². The normalized spacial score (nSPS) is 9.73. The Morgan fingerprint density at radius 2 is 2.07 bits per heavy atom. The molecule has 0 spiro atoms. The number of carboxylic acids is 1. The van der Waals surface area contributed by atoms with E-state index in [0.717, 1.165) is 11.8 Å². The Morgan fingerprint density at radius 3 is 2.53 bits per heavy atom. The van der Waals surface area contributed by atoms with Gasteiger partial charge < -0.3 is 9.84 Å². The van der Waals surface area contributed by atoms with Crippen LogP contribution in [0.1, 0.15) is 17.3 Å². The molecule has 1 aromatic carbocycles. The minimum Gasteiger partial charge on any atom is -0.497 e. The first kappa shape index (κ1) is 11.6. The summed E-state index contributed by atoms with van der Waals surface area (Å²) >= 11 is 0.883. The molecule has 80 valence electrons. The van der Waals surface area contributed by atoms with E-state index in [0.29, 0.717) is 10.6 Å². The highest BCUT2D eigenvalue weighted by Crippen LogP contribution is 2.27. The molecule has 0 heterocycles. The van der Waals surface area contributed by atoms with Crippen LogP contribution in [0.15, 0.2) is 23.1 Å². The molecule has 1 rings (SSSR count). The SMILES string of the molecule is COc1ccc(C(=O)O)c(SC(C)=O)c1. The van der Waals surface area contributed by atoms with Crippen LogP contribution in [-0.2, 0) is 4.79 Å². The standard InChI is InChI=1S/C10H10O4S/c1-6(11)15-9-5-7(14-2)3-4-8(9)10(12)13/h3-5H,1-2H3,(H,12,13). The van der Waals surface area contributed by atoms with Gasteiger partial charge >= 0.3 is 5.97 Å². The second kappa shape index (κ2) is 4.84. The fourth-order valence-corrected chi connectivity index (χ4v) is 1.80. The van der Waals surface area contributed by atoms with Crippen molar-refractivity contribution in [1.82, 2.24) is 0 Å². The highest BCUT2D eigenvalue weighted by Gasteiger charge is 2.13. The number of carboxylic acid groups (broad SMARTS) is 1. The Balaban J connectivity index is 3.16. The van der Waals surface area contributed by atoms with Crippen molar-refractivity contribution in [3.8, 4) is 5.75 Å². The zero-order chi connectivity index (χ0) is 11.4. The molecule has 0 aliphatic carbocycles. The summed E-state index contributed by atoms with van der Waals surface area (Å²) in [5.41, 5.74) is 0.107. The van der Waals surface area contributed by atoms with Gasteiger partial charge in [-0.2, -0.15) is 0 Å². The van der Waals surface area contributed by atoms with Gasteiger partial charge in [-0.05, 0) is 18.2 Å². The third kappa shape index (κ3) is 2.99. The number of carbonyl (C=O) groups is 2. The summed E-state index contributed by atoms with van der Waals surface area (Å²) in [6.07, 6.45) is 0. The van der Waals surface area contributed by atoms with Gasteiger partial charge in [-0.15, -0.1) is 0 Å². The van der Waals surface area contributed by atoms with Crippen molar-refractivity contribution < 1.29 is 19.4 Å². The molecule has 0 fully saturated rings. The van der Waals surface area contributed by atoms with Crippen molar-refractivity contribution in [3.63, 3.8) is 0 Å². The quantitative estimate of drug-likeness (QED) is 0.799. The van der Waals surface area contributed by atoms with E-state index in [9.17, 15) is 9.59 Å². The number of methoxy groups -OCH3 is 1. The summed E-state index contributed by atoms with van der Waals surface area (Å²) < 4.78 is 4.95. The molecular formula is C10H10O4S. The smallest absolute Gasteiger partial charge is 0.336 e. The van der Waals surface area contributed by atoms with Gasteiger partial charge in [-0.3, -0.25) is 4.79 Å². The van der Waals surface area contributed by atoms with Gasteiger partial charge in [0.05, 0.1) is 12.7 Å².